The summed E-state index contributed by atoms with van der Waals surface area (Å²) in [6.07, 6.45) is -4.27. The molecule has 0 aliphatic rings. The van der Waals surface area contributed by atoms with Crippen LogP contribution in [-0.2, 0) is 4.79 Å². The van der Waals surface area contributed by atoms with E-state index in [-0.39, 0.29) is 26.2 Å². The van der Waals surface area contributed by atoms with Crippen molar-refractivity contribution < 1.29 is 18.0 Å². The molecule has 0 fully saturated rings. The second-order valence-electron chi connectivity index (χ2n) is 3.06. The molecular weight excluding hydrogens is 211 g/mol. The van der Waals surface area contributed by atoms with Crippen LogP contribution in [0.15, 0.2) is 0 Å². The number of halogens is 3. The van der Waals surface area contributed by atoms with Crippen LogP contribution in [0.3, 0.4) is 0 Å². The summed E-state index contributed by atoms with van der Waals surface area (Å²) >= 11 is 0. The van der Waals surface area contributed by atoms with E-state index in [1.54, 1.807) is 6.92 Å². The maximum absolute atomic E-state index is 12.0. The molecule has 0 aromatic carbocycles. The Morgan fingerprint density at radius 2 is 2.07 bits per heavy atom. The minimum Gasteiger partial charge on any atom is -0.354 e. The number of amides is 1. The third-order valence-electron chi connectivity index (χ3n) is 1.68. The lowest BCUT2D eigenvalue weighted by atomic mass is 10.4. The maximum Gasteiger partial charge on any atom is 0.401 e. The summed E-state index contributed by atoms with van der Waals surface area (Å²) in [6.45, 7) is 0.979. The van der Waals surface area contributed by atoms with E-state index in [0.29, 0.717) is 0 Å². The van der Waals surface area contributed by atoms with Crippen molar-refractivity contribution in [2.75, 3.05) is 32.7 Å². The van der Waals surface area contributed by atoms with Gasteiger partial charge in [-0.15, -0.1) is 0 Å². The quantitative estimate of drug-likeness (QED) is 0.668. The number of nitrogens with two attached hydrogens (primary N) is 1. The molecule has 0 spiro atoms. The van der Waals surface area contributed by atoms with Crippen LogP contribution in [-0.4, -0.2) is 49.7 Å². The molecule has 0 radical (unpaired) electrons. The summed E-state index contributed by atoms with van der Waals surface area (Å²) in [5.41, 5.74) is 5.13. The molecule has 0 unspecified atom stereocenters. The third-order valence-corrected chi connectivity index (χ3v) is 1.68. The fraction of sp³-hybridized carbons (Fsp3) is 0.875. The Kier molecular flexibility index (Phi) is 6.26. The van der Waals surface area contributed by atoms with Crippen molar-refractivity contribution in [3.05, 3.63) is 0 Å². The number of nitrogens with zero attached hydrogens (tertiary/aromatic N) is 1. The van der Waals surface area contributed by atoms with E-state index in [4.69, 9.17) is 5.73 Å². The summed E-state index contributed by atoms with van der Waals surface area (Å²) < 4.78 is 36.0. The largest absolute Gasteiger partial charge is 0.401 e. The van der Waals surface area contributed by atoms with E-state index >= 15 is 0 Å². The summed E-state index contributed by atoms with van der Waals surface area (Å²) in [5.74, 6) is -0.438. The molecule has 15 heavy (non-hydrogen) atoms. The van der Waals surface area contributed by atoms with Gasteiger partial charge in [0.1, 0.15) is 0 Å². The lowest BCUT2D eigenvalue weighted by molar-refractivity contribution is -0.148. The van der Waals surface area contributed by atoms with E-state index in [9.17, 15) is 18.0 Å². The Balaban J connectivity index is 3.93. The molecule has 0 aliphatic heterocycles. The highest BCUT2D eigenvalue weighted by Gasteiger charge is 2.30. The van der Waals surface area contributed by atoms with E-state index in [2.05, 4.69) is 5.32 Å². The Bertz CT molecular complexity index is 196. The van der Waals surface area contributed by atoms with Gasteiger partial charge in [-0.1, -0.05) is 6.92 Å². The smallest absolute Gasteiger partial charge is 0.354 e. The Morgan fingerprint density at radius 1 is 1.47 bits per heavy atom. The van der Waals surface area contributed by atoms with Gasteiger partial charge in [0.25, 0.3) is 0 Å². The van der Waals surface area contributed by atoms with Gasteiger partial charge in [-0.2, -0.15) is 13.2 Å². The van der Waals surface area contributed by atoms with Gasteiger partial charge < -0.3 is 11.1 Å². The average Bonchev–Trinajstić information content (AvgIpc) is 2.11. The monoisotopic (exact) mass is 227 g/mol. The van der Waals surface area contributed by atoms with Gasteiger partial charge in [0.15, 0.2) is 0 Å². The molecule has 0 aromatic heterocycles. The molecule has 0 saturated heterocycles. The fourth-order valence-electron chi connectivity index (χ4n) is 1.00. The van der Waals surface area contributed by atoms with Gasteiger partial charge in [-0.25, -0.2) is 0 Å². The van der Waals surface area contributed by atoms with Crippen LogP contribution < -0.4 is 11.1 Å². The minimum absolute atomic E-state index is 0.176. The minimum atomic E-state index is -4.27. The predicted octanol–water partition coefficient (Wildman–Crippen LogP) is -0.0545. The zero-order chi connectivity index (χ0) is 11.9. The van der Waals surface area contributed by atoms with Crippen molar-refractivity contribution in [2.45, 2.75) is 13.1 Å². The van der Waals surface area contributed by atoms with Crippen molar-refractivity contribution in [3.63, 3.8) is 0 Å². The standard InChI is InChI=1S/C8H16F3N3O/c1-2-14(6-8(9,10)11)5-7(15)13-4-3-12/h2-6,12H2,1H3,(H,13,15). The first-order valence-electron chi connectivity index (χ1n) is 4.65. The van der Waals surface area contributed by atoms with E-state index in [0.717, 1.165) is 4.90 Å². The normalized spacial score (nSPS) is 11.9. The van der Waals surface area contributed by atoms with E-state index in [1.807, 2.05) is 0 Å². The number of hydrogen-bond donors (Lipinski definition) is 2. The molecule has 90 valence electrons. The van der Waals surface area contributed by atoms with Crippen molar-refractivity contribution in [1.29, 1.82) is 0 Å². The second-order valence-corrected chi connectivity index (χ2v) is 3.06. The topological polar surface area (TPSA) is 58.4 Å². The van der Waals surface area contributed by atoms with Crippen LogP contribution in [0.1, 0.15) is 6.92 Å². The Morgan fingerprint density at radius 3 is 2.47 bits per heavy atom. The molecule has 7 heteroatoms. The number of rotatable bonds is 6. The first-order chi connectivity index (χ1) is 6.89. The first-order valence-corrected chi connectivity index (χ1v) is 4.65. The molecule has 3 N–H and O–H groups in total. The SMILES string of the molecule is CCN(CC(=O)NCCN)CC(F)(F)F. The number of likely N-dealkylation sites (N-methyl/N-ethyl adjacent to an activating group) is 1. The van der Waals surface area contributed by atoms with E-state index < -0.39 is 18.6 Å². The van der Waals surface area contributed by atoms with Crippen LogP contribution in [0.25, 0.3) is 0 Å². The molecule has 4 nitrogen and oxygen atoms in total. The number of alkyl halides is 3. The zero-order valence-corrected chi connectivity index (χ0v) is 8.60. The fourth-order valence-corrected chi connectivity index (χ4v) is 1.00. The van der Waals surface area contributed by atoms with Gasteiger partial charge in [0.05, 0.1) is 13.1 Å². The first kappa shape index (κ1) is 14.2. The zero-order valence-electron chi connectivity index (χ0n) is 8.60. The van der Waals surface area contributed by atoms with Gasteiger partial charge in [0.2, 0.25) is 5.91 Å². The molecule has 0 atom stereocenters. The van der Waals surface area contributed by atoms with Crippen LogP contribution in [0.5, 0.6) is 0 Å². The molecule has 0 saturated carbocycles. The number of hydrogen-bond acceptors (Lipinski definition) is 3. The van der Waals surface area contributed by atoms with Crippen LogP contribution >= 0.6 is 0 Å². The highest BCUT2D eigenvalue weighted by atomic mass is 19.4. The Hall–Kier alpha value is -0.820. The van der Waals surface area contributed by atoms with Gasteiger partial charge in [0, 0.05) is 13.1 Å². The molecule has 1 amide bonds. The lowest BCUT2D eigenvalue weighted by Crippen LogP contribution is -2.42. The van der Waals surface area contributed by atoms with Crippen LogP contribution in [0.4, 0.5) is 13.2 Å². The summed E-state index contributed by atoms with van der Waals surface area (Å²) in [4.78, 5) is 12.1. The predicted molar refractivity (Wildman–Crippen MR) is 50.2 cm³/mol. The van der Waals surface area contributed by atoms with Crippen LogP contribution in [0.2, 0.25) is 0 Å². The highest BCUT2D eigenvalue weighted by molar-refractivity contribution is 5.77. The second kappa shape index (κ2) is 6.62. The molecule has 0 rings (SSSR count). The number of carbonyl (C=O) groups is 1. The lowest BCUT2D eigenvalue weighted by Gasteiger charge is -2.21. The molecule has 0 bridgehead atoms. The maximum atomic E-state index is 12.0. The highest BCUT2D eigenvalue weighted by Crippen LogP contribution is 2.15. The van der Waals surface area contributed by atoms with Crippen molar-refractivity contribution in [3.8, 4) is 0 Å². The summed E-state index contributed by atoms with van der Waals surface area (Å²) in [6, 6.07) is 0. The van der Waals surface area contributed by atoms with Gasteiger partial charge >= 0.3 is 6.18 Å². The van der Waals surface area contributed by atoms with Gasteiger partial charge in [-0.05, 0) is 6.54 Å². The van der Waals surface area contributed by atoms with Crippen molar-refractivity contribution >= 4 is 5.91 Å². The molecule has 0 heterocycles. The van der Waals surface area contributed by atoms with Crippen molar-refractivity contribution in [2.24, 2.45) is 5.73 Å². The van der Waals surface area contributed by atoms with Crippen LogP contribution in [0, 0.1) is 0 Å². The average molecular weight is 227 g/mol. The summed E-state index contributed by atoms with van der Waals surface area (Å²) in [5, 5.41) is 2.41. The Labute approximate surface area is 86.6 Å². The molecular formula is C8H16F3N3O. The summed E-state index contributed by atoms with van der Waals surface area (Å²) in [7, 11) is 0. The molecule has 0 aromatic rings. The number of carbonyl (C=O) groups excluding carboxylic acids is 1. The van der Waals surface area contributed by atoms with E-state index in [1.165, 1.54) is 0 Å². The number of nitrogens with one attached hydrogen (secondary N) is 1. The third kappa shape index (κ3) is 8.19. The van der Waals surface area contributed by atoms with Gasteiger partial charge in [-0.3, -0.25) is 9.69 Å². The molecule has 0 aliphatic carbocycles. The van der Waals surface area contributed by atoms with Crippen molar-refractivity contribution in [1.82, 2.24) is 10.2 Å².